The third-order valence-electron chi connectivity index (χ3n) is 2.29. The topological polar surface area (TPSA) is 75.3 Å². The van der Waals surface area contributed by atoms with E-state index in [4.69, 9.17) is 10.8 Å². The van der Waals surface area contributed by atoms with E-state index in [9.17, 15) is 4.79 Å². The molecule has 0 bridgehead atoms. The van der Waals surface area contributed by atoms with Crippen LogP contribution in [0, 0.1) is 0 Å². The fourth-order valence-corrected chi connectivity index (χ4v) is 1.71. The largest absolute Gasteiger partial charge is 0.396 e. The summed E-state index contributed by atoms with van der Waals surface area (Å²) in [6, 6.07) is -0.381. The molecule has 0 aliphatic heterocycles. The summed E-state index contributed by atoms with van der Waals surface area (Å²) < 4.78 is 0. The molecule has 0 spiro atoms. The fraction of sp³-hybridized carbons (Fsp3) is 0.900. The summed E-state index contributed by atoms with van der Waals surface area (Å²) in [4.78, 5) is 11.6. The number of carbonyl (C=O) groups excluding carboxylic acids is 1. The third-order valence-corrected chi connectivity index (χ3v) is 2.93. The lowest BCUT2D eigenvalue weighted by Gasteiger charge is -2.18. The molecule has 0 saturated heterocycles. The van der Waals surface area contributed by atoms with Gasteiger partial charge in [-0.15, -0.1) is 0 Å². The van der Waals surface area contributed by atoms with E-state index in [-0.39, 0.29) is 18.6 Å². The number of aliphatic hydroxyl groups is 1. The Labute approximate surface area is 96.0 Å². The third kappa shape index (κ3) is 6.76. The van der Waals surface area contributed by atoms with E-state index < -0.39 is 6.04 Å². The second-order valence-corrected chi connectivity index (χ2v) is 4.50. The van der Waals surface area contributed by atoms with E-state index in [0.29, 0.717) is 12.8 Å². The van der Waals surface area contributed by atoms with Crippen LogP contribution in [0.15, 0.2) is 0 Å². The predicted octanol–water partition coefficient (Wildman–Crippen LogP) is 0.344. The zero-order valence-electron chi connectivity index (χ0n) is 9.53. The Bertz CT molecular complexity index is 179. The lowest BCUT2D eigenvalue weighted by atomic mass is 10.1. The van der Waals surface area contributed by atoms with Gasteiger partial charge in [0.05, 0.1) is 6.04 Å². The number of aliphatic hydroxyl groups excluding tert-OH is 1. The maximum absolute atomic E-state index is 11.6. The quantitative estimate of drug-likeness (QED) is 0.566. The van der Waals surface area contributed by atoms with Gasteiger partial charge in [-0.2, -0.15) is 11.8 Å². The van der Waals surface area contributed by atoms with Crippen molar-refractivity contribution in [2.24, 2.45) is 5.73 Å². The molecule has 1 amide bonds. The monoisotopic (exact) mass is 234 g/mol. The molecule has 2 atom stereocenters. The van der Waals surface area contributed by atoms with Crippen molar-refractivity contribution in [2.45, 2.75) is 38.3 Å². The Morgan fingerprint density at radius 3 is 2.67 bits per heavy atom. The fourth-order valence-electron chi connectivity index (χ4n) is 1.22. The number of rotatable bonds is 8. The second-order valence-electron chi connectivity index (χ2n) is 3.51. The molecule has 0 saturated carbocycles. The van der Waals surface area contributed by atoms with Gasteiger partial charge >= 0.3 is 0 Å². The molecule has 4 N–H and O–H groups in total. The summed E-state index contributed by atoms with van der Waals surface area (Å²) in [5.41, 5.74) is 5.71. The van der Waals surface area contributed by atoms with Crippen LogP contribution in [0.5, 0.6) is 0 Å². The Hall–Kier alpha value is -0.260. The molecule has 1 unspecified atom stereocenters. The Morgan fingerprint density at radius 1 is 1.53 bits per heavy atom. The SMILES string of the molecule is CCC(CCO)NC(=O)[C@H](N)CCSC. The van der Waals surface area contributed by atoms with Gasteiger partial charge in [0.25, 0.3) is 0 Å². The van der Waals surface area contributed by atoms with E-state index >= 15 is 0 Å². The summed E-state index contributed by atoms with van der Waals surface area (Å²) in [6.45, 7) is 2.08. The normalized spacial score (nSPS) is 14.7. The number of thioether (sulfide) groups is 1. The van der Waals surface area contributed by atoms with Crippen molar-refractivity contribution in [3.8, 4) is 0 Å². The number of hydrogen-bond donors (Lipinski definition) is 3. The summed E-state index contributed by atoms with van der Waals surface area (Å²) in [5, 5.41) is 11.6. The molecule has 0 heterocycles. The summed E-state index contributed by atoms with van der Waals surface area (Å²) in [5.74, 6) is 0.787. The van der Waals surface area contributed by atoms with Crippen LogP contribution in [0.3, 0.4) is 0 Å². The highest BCUT2D eigenvalue weighted by Crippen LogP contribution is 2.01. The molecule has 0 aromatic heterocycles. The molecule has 0 aromatic carbocycles. The van der Waals surface area contributed by atoms with Gasteiger partial charge in [-0.3, -0.25) is 4.79 Å². The van der Waals surface area contributed by atoms with Gasteiger partial charge < -0.3 is 16.2 Å². The van der Waals surface area contributed by atoms with E-state index in [0.717, 1.165) is 12.2 Å². The van der Waals surface area contributed by atoms with Crippen molar-refractivity contribution in [2.75, 3.05) is 18.6 Å². The predicted molar refractivity (Wildman–Crippen MR) is 64.9 cm³/mol. The summed E-state index contributed by atoms with van der Waals surface area (Å²) >= 11 is 1.68. The Morgan fingerprint density at radius 2 is 2.20 bits per heavy atom. The molecular formula is C10H22N2O2S. The molecular weight excluding hydrogens is 212 g/mol. The van der Waals surface area contributed by atoms with E-state index in [2.05, 4.69) is 5.32 Å². The zero-order chi connectivity index (χ0) is 11.7. The van der Waals surface area contributed by atoms with Crippen molar-refractivity contribution in [1.82, 2.24) is 5.32 Å². The minimum Gasteiger partial charge on any atom is -0.396 e. The highest BCUT2D eigenvalue weighted by molar-refractivity contribution is 7.98. The molecule has 90 valence electrons. The van der Waals surface area contributed by atoms with Crippen molar-refractivity contribution >= 4 is 17.7 Å². The number of hydrogen-bond acceptors (Lipinski definition) is 4. The number of nitrogens with two attached hydrogens (primary N) is 1. The Kier molecular flexibility index (Phi) is 8.85. The van der Waals surface area contributed by atoms with Crippen LogP contribution in [-0.2, 0) is 4.79 Å². The molecule has 0 aliphatic carbocycles. The van der Waals surface area contributed by atoms with Crippen LogP contribution in [0.2, 0.25) is 0 Å². The van der Waals surface area contributed by atoms with Crippen LogP contribution < -0.4 is 11.1 Å². The average Bonchev–Trinajstić information content (AvgIpc) is 2.24. The van der Waals surface area contributed by atoms with Crippen LogP contribution in [0.4, 0.5) is 0 Å². The number of amides is 1. The van der Waals surface area contributed by atoms with Gasteiger partial charge in [0.2, 0.25) is 5.91 Å². The van der Waals surface area contributed by atoms with E-state index in [1.54, 1.807) is 11.8 Å². The average molecular weight is 234 g/mol. The highest BCUT2D eigenvalue weighted by atomic mass is 32.2. The molecule has 4 nitrogen and oxygen atoms in total. The maximum Gasteiger partial charge on any atom is 0.237 e. The van der Waals surface area contributed by atoms with Gasteiger partial charge in [0.15, 0.2) is 0 Å². The lowest BCUT2D eigenvalue weighted by molar-refractivity contribution is -0.123. The van der Waals surface area contributed by atoms with Gasteiger partial charge in [-0.25, -0.2) is 0 Å². The first-order valence-electron chi connectivity index (χ1n) is 5.31. The van der Waals surface area contributed by atoms with Crippen molar-refractivity contribution < 1.29 is 9.90 Å². The van der Waals surface area contributed by atoms with Gasteiger partial charge in [0, 0.05) is 12.6 Å². The van der Waals surface area contributed by atoms with Crippen LogP contribution >= 0.6 is 11.8 Å². The minimum atomic E-state index is -0.426. The summed E-state index contributed by atoms with van der Waals surface area (Å²) in [6.07, 6.45) is 4.10. The summed E-state index contributed by atoms with van der Waals surface area (Å²) in [7, 11) is 0. The lowest BCUT2D eigenvalue weighted by Crippen LogP contribution is -2.45. The first-order chi connectivity index (χ1) is 7.15. The van der Waals surface area contributed by atoms with Crippen molar-refractivity contribution in [1.29, 1.82) is 0 Å². The second kappa shape index (κ2) is 9.00. The first-order valence-corrected chi connectivity index (χ1v) is 6.70. The Balaban J connectivity index is 3.87. The van der Waals surface area contributed by atoms with E-state index in [1.807, 2.05) is 13.2 Å². The number of carbonyl (C=O) groups is 1. The molecule has 0 rings (SSSR count). The van der Waals surface area contributed by atoms with Crippen molar-refractivity contribution in [3.05, 3.63) is 0 Å². The van der Waals surface area contributed by atoms with Gasteiger partial charge in [-0.05, 0) is 31.3 Å². The molecule has 0 aromatic rings. The van der Waals surface area contributed by atoms with Crippen LogP contribution in [0.25, 0.3) is 0 Å². The zero-order valence-corrected chi connectivity index (χ0v) is 10.3. The smallest absolute Gasteiger partial charge is 0.237 e. The van der Waals surface area contributed by atoms with Crippen molar-refractivity contribution in [3.63, 3.8) is 0 Å². The molecule has 0 aliphatic rings. The molecule has 15 heavy (non-hydrogen) atoms. The maximum atomic E-state index is 11.6. The standard InChI is InChI=1S/C10H22N2O2S/c1-3-8(4-6-13)12-10(14)9(11)5-7-15-2/h8-9,13H,3-7,11H2,1-2H3,(H,12,14)/t8?,9-/m1/s1. The molecule has 0 radical (unpaired) electrons. The first kappa shape index (κ1) is 14.7. The molecule has 0 fully saturated rings. The van der Waals surface area contributed by atoms with Gasteiger partial charge in [-0.1, -0.05) is 6.92 Å². The number of nitrogens with one attached hydrogen (secondary N) is 1. The van der Waals surface area contributed by atoms with Crippen LogP contribution in [-0.4, -0.2) is 41.7 Å². The molecule has 5 heteroatoms. The minimum absolute atomic E-state index is 0.0443. The van der Waals surface area contributed by atoms with Crippen LogP contribution in [0.1, 0.15) is 26.2 Å². The highest BCUT2D eigenvalue weighted by Gasteiger charge is 2.16. The van der Waals surface area contributed by atoms with Gasteiger partial charge in [0.1, 0.15) is 0 Å². The van der Waals surface area contributed by atoms with E-state index in [1.165, 1.54) is 0 Å².